The highest BCUT2D eigenvalue weighted by Crippen LogP contribution is 2.22. The third-order valence-electron chi connectivity index (χ3n) is 3.58. The largest absolute Gasteiger partial charge is 0.481 e. The summed E-state index contributed by atoms with van der Waals surface area (Å²) in [4.78, 5) is 13.1. The van der Waals surface area contributed by atoms with Crippen LogP contribution in [0.25, 0.3) is 0 Å². The fourth-order valence-corrected chi connectivity index (χ4v) is 2.67. The minimum Gasteiger partial charge on any atom is -0.481 e. The van der Waals surface area contributed by atoms with E-state index in [9.17, 15) is 4.79 Å². The highest BCUT2D eigenvalue weighted by molar-refractivity contribution is 5.66. The molecule has 0 saturated carbocycles. The number of aliphatic carboxylic acids is 1. The van der Waals surface area contributed by atoms with Gasteiger partial charge in [-0.3, -0.25) is 14.4 Å². The molecule has 0 aromatic carbocycles. The van der Waals surface area contributed by atoms with E-state index < -0.39 is 5.97 Å². The van der Waals surface area contributed by atoms with E-state index >= 15 is 0 Å². The van der Waals surface area contributed by atoms with Gasteiger partial charge in [0.2, 0.25) is 0 Å². The highest BCUT2D eigenvalue weighted by atomic mass is 16.4. The van der Waals surface area contributed by atoms with Crippen LogP contribution in [-0.4, -0.2) is 38.3 Å². The van der Waals surface area contributed by atoms with Gasteiger partial charge in [-0.05, 0) is 25.8 Å². The van der Waals surface area contributed by atoms with Crippen molar-refractivity contribution in [3.8, 4) is 0 Å². The second-order valence-corrected chi connectivity index (χ2v) is 5.07. The Hall–Kier alpha value is -1.36. The maximum Gasteiger partial charge on any atom is 0.303 e. The van der Waals surface area contributed by atoms with Gasteiger partial charge in [-0.2, -0.15) is 5.10 Å². The summed E-state index contributed by atoms with van der Waals surface area (Å²) in [5.74, 6) is -0.693. The monoisotopic (exact) mass is 251 g/mol. The first-order valence-electron chi connectivity index (χ1n) is 6.58. The average molecular weight is 251 g/mol. The molecule has 0 radical (unpaired) electrons. The van der Waals surface area contributed by atoms with Crippen molar-refractivity contribution in [2.45, 2.75) is 44.7 Å². The average Bonchev–Trinajstić information content (AvgIpc) is 2.73. The molecule has 1 aliphatic rings. The van der Waals surface area contributed by atoms with Crippen LogP contribution in [0.3, 0.4) is 0 Å². The molecular weight excluding hydrogens is 230 g/mol. The van der Waals surface area contributed by atoms with Gasteiger partial charge in [-0.15, -0.1) is 0 Å². The molecule has 0 bridgehead atoms. The van der Waals surface area contributed by atoms with Crippen molar-refractivity contribution in [2.24, 2.45) is 7.05 Å². The Morgan fingerprint density at radius 2 is 2.39 bits per heavy atom. The predicted molar refractivity (Wildman–Crippen MR) is 68.1 cm³/mol. The second-order valence-electron chi connectivity index (χ2n) is 5.07. The van der Waals surface area contributed by atoms with Crippen LogP contribution in [0.4, 0.5) is 0 Å². The fourth-order valence-electron chi connectivity index (χ4n) is 2.67. The number of nitrogens with zero attached hydrogens (tertiary/aromatic N) is 3. The first kappa shape index (κ1) is 13.1. The number of likely N-dealkylation sites (tertiary alicyclic amines) is 1. The summed E-state index contributed by atoms with van der Waals surface area (Å²) in [6.07, 6.45) is 8.50. The van der Waals surface area contributed by atoms with Crippen LogP contribution in [0.2, 0.25) is 0 Å². The number of piperidine rings is 1. The molecule has 2 rings (SSSR count). The molecule has 100 valence electrons. The Labute approximate surface area is 107 Å². The van der Waals surface area contributed by atoms with Crippen LogP contribution < -0.4 is 0 Å². The van der Waals surface area contributed by atoms with Crippen LogP contribution >= 0.6 is 0 Å². The van der Waals surface area contributed by atoms with Crippen molar-refractivity contribution in [3.05, 3.63) is 18.0 Å². The number of carbonyl (C=O) groups is 1. The lowest BCUT2D eigenvalue weighted by molar-refractivity contribution is -0.137. The number of hydrogen-bond acceptors (Lipinski definition) is 3. The molecular formula is C13H21N3O2. The Balaban J connectivity index is 1.92. The van der Waals surface area contributed by atoms with Crippen LogP contribution in [0.1, 0.15) is 37.7 Å². The summed E-state index contributed by atoms with van der Waals surface area (Å²) < 4.78 is 1.81. The quantitative estimate of drug-likeness (QED) is 0.864. The van der Waals surface area contributed by atoms with Crippen molar-refractivity contribution in [1.82, 2.24) is 14.7 Å². The fraction of sp³-hybridized carbons (Fsp3) is 0.692. The van der Waals surface area contributed by atoms with Crippen LogP contribution in [0, 0.1) is 0 Å². The molecule has 1 aliphatic heterocycles. The van der Waals surface area contributed by atoms with E-state index in [1.165, 1.54) is 18.4 Å². The van der Waals surface area contributed by atoms with Gasteiger partial charge in [0.05, 0.1) is 6.20 Å². The lowest BCUT2D eigenvalue weighted by Gasteiger charge is -2.35. The molecule has 0 aliphatic carbocycles. The standard InChI is InChI=1S/C13H21N3O2/c1-15-9-11(8-14-15)10-16-7-3-2-4-12(16)5-6-13(17)18/h8-9,12H,2-7,10H2,1H3,(H,17,18). The zero-order valence-electron chi connectivity index (χ0n) is 10.9. The smallest absolute Gasteiger partial charge is 0.303 e. The van der Waals surface area contributed by atoms with Gasteiger partial charge in [0, 0.05) is 37.8 Å². The predicted octanol–water partition coefficient (Wildman–Crippen LogP) is 1.64. The highest BCUT2D eigenvalue weighted by Gasteiger charge is 2.23. The molecule has 2 heterocycles. The maximum absolute atomic E-state index is 10.7. The Kier molecular flexibility index (Phi) is 4.36. The van der Waals surface area contributed by atoms with E-state index in [1.54, 1.807) is 0 Å². The SMILES string of the molecule is Cn1cc(CN2CCCCC2CCC(=O)O)cn1. The molecule has 1 aromatic heterocycles. The molecule has 1 unspecified atom stereocenters. The van der Waals surface area contributed by atoms with E-state index in [1.807, 2.05) is 24.1 Å². The number of rotatable bonds is 5. The van der Waals surface area contributed by atoms with Gasteiger partial charge in [0.25, 0.3) is 0 Å². The van der Waals surface area contributed by atoms with Crippen molar-refractivity contribution in [3.63, 3.8) is 0 Å². The lowest BCUT2D eigenvalue weighted by atomic mass is 9.97. The van der Waals surface area contributed by atoms with E-state index in [2.05, 4.69) is 10.00 Å². The first-order chi connectivity index (χ1) is 8.65. The van der Waals surface area contributed by atoms with Gasteiger partial charge < -0.3 is 5.11 Å². The summed E-state index contributed by atoms with van der Waals surface area (Å²) in [5.41, 5.74) is 1.21. The zero-order valence-corrected chi connectivity index (χ0v) is 10.9. The van der Waals surface area contributed by atoms with Crippen molar-refractivity contribution < 1.29 is 9.90 Å². The van der Waals surface area contributed by atoms with Crippen LogP contribution in [-0.2, 0) is 18.4 Å². The summed E-state index contributed by atoms with van der Waals surface area (Å²) in [6.45, 7) is 1.96. The minimum absolute atomic E-state index is 0.272. The molecule has 1 fully saturated rings. The maximum atomic E-state index is 10.7. The zero-order chi connectivity index (χ0) is 13.0. The molecule has 1 atom stereocenters. The molecule has 18 heavy (non-hydrogen) atoms. The topological polar surface area (TPSA) is 58.4 Å². The second kappa shape index (κ2) is 6.00. The van der Waals surface area contributed by atoms with E-state index in [-0.39, 0.29) is 6.42 Å². The summed E-state index contributed by atoms with van der Waals surface area (Å²) in [6, 6.07) is 0.412. The molecule has 5 nitrogen and oxygen atoms in total. The number of aryl methyl sites for hydroxylation is 1. The normalized spacial score (nSPS) is 21.1. The van der Waals surface area contributed by atoms with Gasteiger partial charge in [-0.25, -0.2) is 0 Å². The number of aromatic nitrogens is 2. The van der Waals surface area contributed by atoms with E-state index in [0.29, 0.717) is 6.04 Å². The summed E-state index contributed by atoms with van der Waals surface area (Å²) in [5, 5.41) is 13.0. The first-order valence-corrected chi connectivity index (χ1v) is 6.58. The molecule has 1 saturated heterocycles. The molecule has 1 aromatic rings. The van der Waals surface area contributed by atoms with Crippen LogP contribution in [0.15, 0.2) is 12.4 Å². The van der Waals surface area contributed by atoms with Crippen molar-refractivity contribution in [1.29, 1.82) is 0 Å². The van der Waals surface area contributed by atoms with Crippen LogP contribution in [0.5, 0.6) is 0 Å². The lowest BCUT2D eigenvalue weighted by Crippen LogP contribution is -2.39. The Bertz CT molecular complexity index is 403. The van der Waals surface area contributed by atoms with E-state index in [4.69, 9.17) is 5.11 Å². The Morgan fingerprint density at radius 1 is 1.56 bits per heavy atom. The molecule has 0 spiro atoms. The minimum atomic E-state index is -0.693. The van der Waals surface area contributed by atoms with Gasteiger partial charge in [-0.1, -0.05) is 6.42 Å². The number of carboxylic acids is 1. The summed E-state index contributed by atoms with van der Waals surface area (Å²) in [7, 11) is 1.92. The third kappa shape index (κ3) is 3.57. The molecule has 0 amide bonds. The van der Waals surface area contributed by atoms with Crippen molar-refractivity contribution in [2.75, 3.05) is 6.54 Å². The Morgan fingerprint density at radius 3 is 3.06 bits per heavy atom. The van der Waals surface area contributed by atoms with E-state index in [0.717, 1.165) is 25.9 Å². The van der Waals surface area contributed by atoms with Gasteiger partial charge in [0.15, 0.2) is 0 Å². The third-order valence-corrected chi connectivity index (χ3v) is 3.58. The molecule has 1 N–H and O–H groups in total. The number of hydrogen-bond donors (Lipinski definition) is 1. The number of carboxylic acid groups (broad SMARTS) is 1. The van der Waals surface area contributed by atoms with Gasteiger partial charge >= 0.3 is 5.97 Å². The van der Waals surface area contributed by atoms with Crippen molar-refractivity contribution >= 4 is 5.97 Å². The molecule has 5 heteroatoms. The van der Waals surface area contributed by atoms with Gasteiger partial charge in [0.1, 0.15) is 0 Å². The summed E-state index contributed by atoms with van der Waals surface area (Å²) >= 11 is 0.